The molecule has 2 aromatic heterocycles. The van der Waals surface area contributed by atoms with Gasteiger partial charge in [-0.1, -0.05) is 24.3 Å². The van der Waals surface area contributed by atoms with Crippen LogP contribution in [0.1, 0.15) is 16.8 Å². The number of aromatic nitrogens is 4. The molecule has 1 amide bonds. The van der Waals surface area contributed by atoms with Crippen LogP contribution in [0.5, 0.6) is 0 Å². The lowest BCUT2D eigenvalue weighted by Gasteiger charge is -2.31. The van der Waals surface area contributed by atoms with E-state index in [1.54, 1.807) is 23.5 Å². The van der Waals surface area contributed by atoms with Gasteiger partial charge in [0.1, 0.15) is 6.54 Å². The first-order valence-electron chi connectivity index (χ1n) is 11.3. The van der Waals surface area contributed by atoms with Crippen molar-refractivity contribution in [3.63, 3.8) is 0 Å². The molecule has 0 bridgehead atoms. The second-order valence-corrected chi connectivity index (χ2v) is 8.95. The number of anilines is 1. The Morgan fingerprint density at radius 2 is 1.85 bits per heavy atom. The van der Waals surface area contributed by atoms with Gasteiger partial charge in [0.05, 0.1) is 18.8 Å². The van der Waals surface area contributed by atoms with E-state index < -0.39 is 5.97 Å². The first-order valence-corrected chi connectivity index (χ1v) is 11.3. The predicted octanol–water partition coefficient (Wildman–Crippen LogP) is 1.28. The number of carbonyl (C=O) groups excluding carboxylic acids is 1. The Kier molecular flexibility index (Phi) is 5.97. The zero-order valence-electron chi connectivity index (χ0n) is 19.0. The number of piperazine rings is 1. The molecule has 0 spiro atoms. The summed E-state index contributed by atoms with van der Waals surface area (Å²) in [7, 11) is 1.92. The first-order chi connectivity index (χ1) is 16.4. The number of fused-ring (bicyclic) bond motifs is 1. The van der Waals surface area contributed by atoms with Gasteiger partial charge in [-0.25, -0.2) is 9.97 Å². The molecule has 10 heteroatoms. The van der Waals surface area contributed by atoms with Crippen LogP contribution in [0.15, 0.2) is 42.9 Å². The quantitative estimate of drug-likeness (QED) is 0.541. The highest BCUT2D eigenvalue weighted by Crippen LogP contribution is 2.26. The number of amides is 1. The monoisotopic (exact) mass is 461 g/mol. The molecule has 0 saturated carbocycles. The van der Waals surface area contributed by atoms with Crippen molar-refractivity contribution in [1.82, 2.24) is 29.5 Å². The standard InChI is InChI=1S/C24H27N7O3/c1-29-6-7-30(22(32)14-29)13-21-20(12-31(28-21)15-23(33)34)18-10-25-24(26-11-18)27-19-8-16-4-2-3-5-17(16)9-19/h2-5,10-12,19H,6-9,13-15H2,1H3,(H,33,34)(H,25,26,27). The summed E-state index contributed by atoms with van der Waals surface area (Å²) in [5.41, 5.74) is 4.80. The van der Waals surface area contributed by atoms with Crippen molar-refractivity contribution in [3.8, 4) is 11.1 Å². The van der Waals surface area contributed by atoms with Crippen LogP contribution in [-0.2, 0) is 35.5 Å². The summed E-state index contributed by atoms with van der Waals surface area (Å²) >= 11 is 0. The van der Waals surface area contributed by atoms with Crippen LogP contribution in [0.4, 0.5) is 5.95 Å². The molecule has 34 heavy (non-hydrogen) atoms. The van der Waals surface area contributed by atoms with Gasteiger partial charge in [0, 0.05) is 48.8 Å². The van der Waals surface area contributed by atoms with Gasteiger partial charge in [0.25, 0.3) is 0 Å². The van der Waals surface area contributed by atoms with Crippen LogP contribution >= 0.6 is 0 Å². The highest BCUT2D eigenvalue weighted by atomic mass is 16.4. The number of hydrogen-bond acceptors (Lipinski definition) is 7. The summed E-state index contributed by atoms with van der Waals surface area (Å²) in [5, 5.41) is 17.1. The Morgan fingerprint density at radius 3 is 2.50 bits per heavy atom. The SMILES string of the molecule is CN1CCN(Cc2nn(CC(=O)O)cc2-c2cnc(NC3Cc4ccccc4C3)nc2)C(=O)C1. The number of carboxylic acids is 1. The molecule has 176 valence electrons. The molecule has 3 heterocycles. The molecular weight excluding hydrogens is 434 g/mol. The smallest absolute Gasteiger partial charge is 0.325 e. The Morgan fingerprint density at radius 1 is 1.15 bits per heavy atom. The van der Waals surface area contributed by atoms with Gasteiger partial charge < -0.3 is 15.3 Å². The van der Waals surface area contributed by atoms with Gasteiger partial charge in [0.2, 0.25) is 11.9 Å². The van der Waals surface area contributed by atoms with E-state index in [4.69, 9.17) is 0 Å². The number of benzene rings is 1. The fourth-order valence-electron chi connectivity index (χ4n) is 4.60. The van der Waals surface area contributed by atoms with Crippen molar-refractivity contribution < 1.29 is 14.7 Å². The number of hydrogen-bond donors (Lipinski definition) is 2. The molecule has 10 nitrogen and oxygen atoms in total. The molecular formula is C24H27N7O3. The van der Waals surface area contributed by atoms with Crippen molar-refractivity contribution in [2.24, 2.45) is 0 Å². The summed E-state index contributed by atoms with van der Waals surface area (Å²) in [6, 6.07) is 8.68. The third-order valence-electron chi connectivity index (χ3n) is 6.33. The van der Waals surface area contributed by atoms with Crippen LogP contribution in [0.2, 0.25) is 0 Å². The average molecular weight is 462 g/mol. The summed E-state index contributed by atoms with van der Waals surface area (Å²) in [6.45, 7) is 1.80. The minimum absolute atomic E-state index is 0.0286. The van der Waals surface area contributed by atoms with E-state index in [1.165, 1.54) is 15.8 Å². The zero-order chi connectivity index (χ0) is 23.7. The first kappa shape index (κ1) is 22.0. The lowest BCUT2D eigenvalue weighted by molar-refractivity contribution is -0.138. The molecule has 5 rings (SSSR count). The van der Waals surface area contributed by atoms with E-state index >= 15 is 0 Å². The lowest BCUT2D eigenvalue weighted by Crippen LogP contribution is -2.48. The second-order valence-electron chi connectivity index (χ2n) is 8.95. The number of nitrogens with zero attached hydrogens (tertiary/aromatic N) is 6. The fraction of sp³-hybridized carbons (Fsp3) is 0.375. The molecule has 0 radical (unpaired) electrons. The van der Waals surface area contributed by atoms with Crippen LogP contribution in [0.3, 0.4) is 0 Å². The average Bonchev–Trinajstić information content (AvgIpc) is 3.39. The summed E-state index contributed by atoms with van der Waals surface area (Å²) < 4.78 is 1.38. The van der Waals surface area contributed by atoms with E-state index in [0.29, 0.717) is 31.3 Å². The van der Waals surface area contributed by atoms with Gasteiger partial charge in [0.15, 0.2) is 0 Å². The maximum absolute atomic E-state index is 12.5. The number of nitrogens with one attached hydrogen (secondary N) is 1. The topological polar surface area (TPSA) is 116 Å². The van der Waals surface area contributed by atoms with Crippen molar-refractivity contribution >= 4 is 17.8 Å². The highest BCUT2D eigenvalue weighted by Gasteiger charge is 2.25. The van der Waals surface area contributed by atoms with Crippen molar-refractivity contribution in [1.29, 1.82) is 0 Å². The maximum atomic E-state index is 12.5. The largest absolute Gasteiger partial charge is 0.480 e. The van der Waals surface area contributed by atoms with Gasteiger partial charge in [-0.3, -0.25) is 19.2 Å². The molecule has 3 aromatic rings. The molecule has 1 aliphatic carbocycles. The van der Waals surface area contributed by atoms with Crippen LogP contribution in [-0.4, -0.2) is 79.3 Å². The Bertz CT molecular complexity index is 1180. The minimum atomic E-state index is -0.982. The zero-order valence-corrected chi connectivity index (χ0v) is 19.0. The van der Waals surface area contributed by atoms with Crippen molar-refractivity contribution in [2.75, 3.05) is 32.0 Å². The second kappa shape index (κ2) is 9.22. The number of carboxylic acid groups (broad SMARTS) is 1. The van der Waals surface area contributed by atoms with Crippen LogP contribution in [0.25, 0.3) is 11.1 Å². The molecule has 0 atom stereocenters. The molecule has 0 unspecified atom stereocenters. The van der Waals surface area contributed by atoms with Crippen LogP contribution in [0, 0.1) is 0 Å². The van der Waals surface area contributed by atoms with Gasteiger partial charge in [-0.15, -0.1) is 0 Å². The summed E-state index contributed by atoms with van der Waals surface area (Å²) in [4.78, 5) is 36.4. The Hall–Kier alpha value is -3.79. The van der Waals surface area contributed by atoms with E-state index in [-0.39, 0.29) is 18.5 Å². The Balaban J connectivity index is 1.33. The van der Waals surface area contributed by atoms with Gasteiger partial charge in [-0.2, -0.15) is 5.10 Å². The third kappa shape index (κ3) is 4.76. The Labute approximate surface area is 197 Å². The van der Waals surface area contributed by atoms with Gasteiger partial charge >= 0.3 is 5.97 Å². The van der Waals surface area contributed by atoms with E-state index in [1.807, 2.05) is 11.9 Å². The van der Waals surface area contributed by atoms with Gasteiger partial charge in [-0.05, 0) is 31.0 Å². The van der Waals surface area contributed by atoms with Crippen LogP contribution < -0.4 is 5.32 Å². The molecule has 2 N–H and O–H groups in total. The molecule has 1 fully saturated rings. The van der Waals surface area contributed by atoms with E-state index in [9.17, 15) is 14.7 Å². The highest BCUT2D eigenvalue weighted by molar-refractivity contribution is 5.79. The molecule has 1 saturated heterocycles. The number of aliphatic carboxylic acids is 1. The maximum Gasteiger partial charge on any atom is 0.325 e. The van der Waals surface area contributed by atoms with Crippen molar-refractivity contribution in [2.45, 2.75) is 32.0 Å². The lowest BCUT2D eigenvalue weighted by atomic mass is 10.1. The van der Waals surface area contributed by atoms with Crippen molar-refractivity contribution in [3.05, 3.63) is 59.7 Å². The number of rotatable bonds is 7. The minimum Gasteiger partial charge on any atom is -0.480 e. The molecule has 1 aromatic carbocycles. The summed E-state index contributed by atoms with van der Waals surface area (Å²) in [6.07, 6.45) is 6.99. The third-order valence-corrected chi connectivity index (χ3v) is 6.33. The fourth-order valence-corrected chi connectivity index (χ4v) is 4.60. The normalized spacial score (nSPS) is 16.6. The number of likely N-dealkylation sites (N-methyl/N-ethyl adjacent to an activating group) is 1. The number of carbonyl (C=O) groups is 2. The van der Waals surface area contributed by atoms with E-state index in [2.05, 4.69) is 44.6 Å². The molecule has 2 aliphatic rings. The summed E-state index contributed by atoms with van der Waals surface area (Å²) in [5.74, 6) is -0.402. The molecule has 1 aliphatic heterocycles. The van der Waals surface area contributed by atoms with E-state index in [0.717, 1.165) is 30.5 Å². The predicted molar refractivity (Wildman–Crippen MR) is 125 cm³/mol.